The molecule has 1 aliphatic heterocycles. The minimum atomic E-state index is 0.808. The van der Waals surface area contributed by atoms with Crippen molar-refractivity contribution in [1.82, 2.24) is 20.1 Å². The van der Waals surface area contributed by atoms with Crippen LogP contribution in [0.2, 0.25) is 0 Å². The van der Waals surface area contributed by atoms with Gasteiger partial charge in [-0.1, -0.05) is 36.4 Å². The van der Waals surface area contributed by atoms with Crippen molar-refractivity contribution in [1.29, 1.82) is 0 Å². The summed E-state index contributed by atoms with van der Waals surface area (Å²) in [5.74, 6) is 1.11. The van der Waals surface area contributed by atoms with E-state index in [9.17, 15) is 0 Å². The molecule has 3 heterocycles. The van der Waals surface area contributed by atoms with Gasteiger partial charge in [-0.2, -0.15) is 5.10 Å². The number of rotatable bonds is 7. The van der Waals surface area contributed by atoms with Crippen molar-refractivity contribution in [2.24, 2.45) is 0 Å². The Kier molecular flexibility index (Phi) is 5.26. The maximum absolute atomic E-state index is 4.61. The van der Waals surface area contributed by atoms with E-state index in [4.69, 9.17) is 0 Å². The molecule has 4 rings (SSSR count). The average Bonchev–Trinajstić information content (AvgIpc) is 3.36. The summed E-state index contributed by atoms with van der Waals surface area (Å²) in [4.78, 5) is 6.97. The molecule has 0 amide bonds. The lowest BCUT2D eigenvalue weighted by atomic mass is 10.2. The van der Waals surface area contributed by atoms with Gasteiger partial charge in [0, 0.05) is 44.1 Å². The zero-order chi connectivity index (χ0) is 17.6. The molecule has 0 radical (unpaired) electrons. The minimum absolute atomic E-state index is 0.808. The number of nitrogens with zero attached hydrogens (tertiary/aromatic N) is 4. The molecule has 1 aromatic carbocycles. The monoisotopic (exact) mass is 347 g/mol. The number of anilines is 1. The summed E-state index contributed by atoms with van der Waals surface area (Å²) in [7, 11) is 0. The molecule has 5 heteroatoms. The third-order valence-electron chi connectivity index (χ3n) is 4.77. The number of aromatic nitrogens is 3. The average molecular weight is 347 g/mol. The van der Waals surface area contributed by atoms with E-state index in [1.54, 1.807) is 0 Å². The number of nitrogens with one attached hydrogen (secondary N) is 1. The smallest absolute Gasteiger partial charge is 0.128 e. The highest BCUT2D eigenvalue weighted by atomic mass is 15.3. The molecule has 1 saturated heterocycles. The molecule has 26 heavy (non-hydrogen) atoms. The van der Waals surface area contributed by atoms with Crippen LogP contribution in [0.15, 0.2) is 61.1 Å². The molecular formula is C21H25N5. The third-order valence-corrected chi connectivity index (χ3v) is 4.77. The first-order valence-electron chi connectivity index (χ1n) is 9.33. The Hall–Kier alpha value is -2.66. The fourth-order valence-corrected chi connectivity index (χ4v) is 3.36. The maximum atomic E-state index is 4.61. The van der Waals surface area contributed by atoms with Crippen LogP contribution in [0.3, 0.4) is 0 Å². The van der Waals surface area contributed by atoms with Gasteiger partial charge in [0.2, 0.25) is 0 Å². The summed E-state index contributed by atoms with van der Waals surface area (Å²) in [5.41, 5.74) is 3.67. The summed E-state index contributed by atoms with van der Waals surface area (Å²) >= 11 is 0. The molecule has 1 aliphatic rings. The first-order valence-corrected chi connectivity index (χ1v) is 9.33. The van der Waals surface area contributed by atoms with Gasteiger partial charge in [0.25, 0.3) is 0 Å². The van der Waals surface area contributed by atoms with E-state index in [2.05, 4.69) is 62.9 Å². The zero-order valence-corrected chi connectivity index (χ0v) is 15.0. The minimum Gasteiger partial charge on any atom is -0.357 e. The van der Waals surface area contributed by atoms with Crippen molar-refractivity contribution >= 4 is 5.82 Å². The molecule has 0 saturated carbocycles. The van der Waals surface area contributed by atoms with Crippen LogP contribution in [0, 0.1) is 0 Å². The fourth-order valence-electron chi connectivity index (χ4n) is 3.36. The van der Waals surface area contributed by atoms with E-state index in [1.807, 2.05) is 23.1 Å². The SMILES string of the molecule is c1ccc(Cn2cc(CNCc3ccc(N4CCCC4)nc3)cn2)cc1. The number of hydrogen-bond acceptors (Lipinski definition) is 4. The predicted octanol–water partition coefficient (Wildman–Crippen LogP) is 3.22. The van der Waals surface area contributed by atoms with Crippen LogP contribution in [-0.2, 0) is 19.6 Å². The predicted molar refractivity (Wildman–Crippen MR) is 104 cm³/mol. The number of hydrogen-bond donors (Lipinski definition) is 1. The molecule has 3 aromatic rings. The Bertz CT molecular complexity index is 804. The van der Waals surface area contributed by atoms with Gasteiger partial charge in [-0.25, -0.2) is 4.98 Å². The van der Waals surface area contributed by atoms with Gasteiger partial charge in [-0.05, 0) is 30.0 Å². The van der Waals surface area contributed by atoms with E-state index in [0.717, 1.165) is 38.5 Å². The van der Waals surface area contributed by atoms with Crippen LogP contribution in [0.5, 0.6) is 0 Å². The van der Waals surface area contributed by atoms with Gasteiger partial charge in [-0.15, -0.1) is 0 Å². The summed E-state index contributed by atoms with van der Waals surface area (Å²) < 4.78 is 1.98. The third kappa shape index (κ3) is 4.29. The van der Waals surface area contributed by atoms with Crippen molar-refractivity contribution in [2.45, 2.75) is 32.5 Å². The zero-order valence-electron chi connectivity index (χ0n) is 15.0. The first-order chi connectivity index (χ1) is 12.9. The molecule has 0 atom stereocenters. The summed E-state index contributed by atoms with van der Waals surface area (Å²) in [5, 5.41) is 7.93. The van der Waals surface area contributed by atoms with Crippen LogP contribution < -0.4 is 10.2 Å². The van der Waals surface area contributed by atoms with E-state index in [1.165, 1.54) is 29.5 Å². The van der Waals surface area contributed by atoms with E-state index < -0.39 is 0 Å². The molecule has 2 aromatic heterocycles. The topological polar surface area (TPSA) is 46.0 Å². The molecule has 5 nitrogen and oxygen atoms in total. The van der Waals surface area contributed by atoms with Crippen LogP contribution in [0.25, 0.3) is 0 Å². The van der Waals surface area contributed by atoms with Crippen LogP contribution >= 0.6 is 0 Å². The lowest BCUT2D eigenvalue weighted by molar-refractivity contribution is 0.676. The second-order valence-corrected chi connectivity index (χ2v) is 6.85. The number of pyridine rings is 1. The Morgan fingerprint density at radius 1 is 0.846 bits per heavy atom. The van der Waals surface area contributed by atoms with Gasteiger partial charge in [0.1, 0.15) is 5.82 Å². The molecule has 134 valence electrons. The Morgan fingerprint density at radius 2 is 1.65 bits per heavy atom. The Morgan fingerprint density at radius 3 is 2.42 bits per heavy atom. The molecule has 0 unspecified atom stereocenters. The molecule has 0 aliphatic carbocycles. The highest BCUT2D eigenvalue weighted by molar-refractivity contribution is 5.40. The van der Waals surface area contributed by atoms with Crippen molar-refractivity contribution in [3.63, 3.8) is 0 Å². The van der Waals surface area contributed by atoms with Gasteiger partial charge in [0.15, 0.2) is 0 Å². The standard InChI is InChI=1S/C21H25N5/c1-2-6-18(7-3-1)16-26-17-20(15-24-26)13-22-12-19-8-9-21(23-14-19)25-10-4-5-11-25/h1-3,6-9,14-15,17,22H,4-5,10-13,16H2. The van der Waals surface area contributed by atoms with E-state index in [-0.39, 0.29) is 0 Å². The van der Waals surface area contributed by atoms with Gasteiger partial charge in [0.05, 0.1) is 12.7 Å². The van der Waals surface area contributed by atoms with E-state index >= 15 is 0 Å². The van der Waals surface area contributed by atoms with Crippen LogP contribution in [0.1, 0.15) is 29.5 Å². The van der Waals surface area contributed by atoms with Crippen molar-refractivity contribution in [3.05, 3.63) is 77.7 Å². The van der Waals surface area contributed by atoms with Crippen molar-refractivity contribution in [2.75, 3.05) is 18.0 Å². The lowest BCUT2D eigenvalue weighted by Crippen LogP contribution is -2.19. The fraction of sp³-hybridized carbons (Fsp3) is 0.333. The highest BCUT2D eigenvalue weighted by Crippen LogP contribution is 2.17. The largest absolute Gasteiger partial charge is 0.357 e. The van der Waals surface area contributed by atoms with Gasteiger partial charge >= 0.3 is 0 Å². The van der Waals surface area contributed by atoms with Crippen molar-refractivity contribution in [3.8, 4) is 0 Å². The maximum Gasteiger partial charge on any atom is 0.128 e. The Balaban J connectivity index is 1.25. The van der Waals surface area contributed by atoms with Gasteiger partial charge in [-0.3, -0.25) is 4.68 Å². The molecule has 0 bridgehead atoms. The van der Waals surface area contributed by atoms with Crippen LogP contribution in [-0.4, -0.2) is 27.9 Å². The summed E-state index contributed by atoms with van der Waals surface area (Å²) in [6.07, 6.45) is 8.59. The summed E-state index contributed by atoms with van der Waals surface area (Å²) in [6.45, 7) is 4.71. The molecular weight excluding hydrogens is 322 g/mol. The lowest BCUT2D eigenvalue weighted by Gasteiger charge is -2.16. The Labute approximate surface area is 154 Å². The molecule has 1 fully saturated rings. The molecule has 1 N–H and O–H groups in total. The quantitative estimate of drug-likeness (QED) is 0.713. The highest BCUT2D eigenvalue weighted by Gasteiger charge is 2.12. The van der Waals surface area contributed by atoms with Gasteiger partial charge < -0.3 is 10.2 Å². The normalized spacial score (nSPS) is 14.1. The molecule has 0 spiro atoms. The van der Waals surface area contributed by atoms with Crippen LogP contribution in [0.4, 0.5) is 5.82 Å². The van der Waals surface area contributed by atoms with E-state index in [0.29, 0.717) is 0 Å². The summed E-state index contributed by atoms with van der Waals surface area (Å²) in [6, 6.07) is 14.7. The van der Waals surface area contributed by atoms with Crippen molar-refractivity contribution < 1.29 is 0 Å². The second kappa shape index (κ2) is 8.15. The second-order valence-electron chi connectivity index (χ2n) is 6.85. The number of benzene rings is 1. The first kappa shape index (κ1) is 16.8.